The lowest BCUT2D eigenvalue weighted by molar-refractivity contribution is -0.314. The van der Waals surface area contributed by atoms with Gasteiger partial charge in [-0.25, -0.2) is 0 Å². The van der Waals surface area contributed by atoms with Gasteiger partial charge in [-0.15, -0.1) is 0 Å². The molecule has 7 rings (SSSR count). The number of nitrogens with zero attached hydrogens (tertiary/aromatic N) is 1. The number of rotatable bonds is 10. The number of likely N-dealkylation sites (N-methyl/N-ethyl adjacent to an activating group) is 1. The summed E-state index contributed by atoms with van der Waals surface area (Å²) in [6, 6.07) is 0.326. The maximum Gasteiger partial charge on any atom is 0.307 e. The first-order valence-electron chi connectivity index (χ1n) is 21.1. The van der Waals surface area contributed by atoms with Gasteiger partial charge < -0.3 is 47.5 Å². The second-order valence-electron chi connectivity index (χ2n) is 17.5. The van der Waals surface area contributed by atoms with Crippen molar-refractivity contribution in [2.75, 3.05) is 35.4 Å². The van der Waals surface area contributed by atoms with E-state index < -0.39 is 18.3 Å². The van der Waals surface area contributed by atoms with E-state index in [0.29, 0.717) is 18.9 Å². The van der Waals surface area contributed by atoms with E-state index in [0.717, 1.165) is 44.1 Å². The van der Waals surface area contributed by atoms with Gasteiger partial charge in [-0.2, -0.15) is 0 Å². The number of hydrogen-bond donors (Lipinski definition) is 0. The van der Waals surface area contributed by atoms with Gasteiger partial charge in [0.05, 0.1) is 43.0 Å². The smallest absolute Gasteiger partial charge is 0.307 e. The summed E-state index contributed by atoms with van der Waals surface area (Å²) in [5.41, 5.74) is 0.747. The summed E-state index contributed by atoms with van der Waals surface area (Å²) in [6.07, 6.45) is 9.92. The monoisotopic (exact) mass is 773 g/mol. The first kappa shape index (κ1) is 41.4. The molecule has 4 aliphatic heterocycles. The molecule has 0 aromatic heterocycles. The minimum absolute atomic E-state index is 0.00447. The lowest BCUT2D eigenvalue weighted by Crippen LogP contribution is -2.59. The van der Waals surface area contributed by atoms with Crippen molar-refractivity contribution < 1.29 is 52.2 Å². The summed E-state index contributed by atoms with van der Waals surface area (Å²) in [5, 5.41) is 0. The van der Waals surface area contributed by atoms with E-state index in [1.165, 1.54) is 0 Å². The van der Waals surface area contributed by atoms with Crippen molar-refractivity contribution in [3.05, 3.63) is 23.8 Å². The van der Waals surface area contributed by atoms with Crippen molar-refractivity contribution in [1.29, 1.82) is 0 Å². The van der Waals surface area contributed by atoms with Gasteiger partial charge in [-0.3, -0.25) is 9.59 Å². The Labute approximate surface area is 328 Å². The van der Waals surface area contributed by atoms with Crippen LogP contribution in [0.3, 0.4) is 0 Å². The summed E-state index contributed by atoms with van der Waals surface area (Å²) < 4.78 is 56.4. The second-order valence-corrected chi connectivity index (χ2v) is 17.5. The van der Waals surface area contributed by atoms with Gasteiger partial charge in [-0.05, 0) is 109 Å². The van der Waals surface area contributed by atoms with Gasteiger partial charge in [0, 0.05) is 45.1 Å². The van der Waals surface area contributed by atoms with Crippen LogP contribution < -0.4 is 0 Å². The molecule has 55 heavy (non-hydrogen) atoms. The predicted octanol–water partition coefficient (Wildman–Crippen LogP) is 5.25. The first-order chi connectivity index (χ1) is 26.5. The van der Waals surface area contributed by atoms with Crippen LogP contribution in [0.15, 0.2) is 23.8 Å². The van der Waals surface area contributed by atoms with E-state index in [4.69, 9.17) is 42.6 Å². The quantitative estimate of drug-likeness (QED) is 0.164. The van der Waals surface area contributed by atoms with Crippen molar-refractivity contribution in [2.24, 2.45) is 35.5 Å². The number of hydrogen-bond acceptors (Lipinski definition) is 12. The molecule has 3 aliphatic carbocycles. The summed E-state index contributed by atoms with van der Waals surface area (Å²) in [5.74, 6) is -0.205. The highest BCUT2D eigenvalue weighted by molar-refractivity contribution is 5.99. The molecule has 12 nitrogen and oxygen atoms in total. The lowest BCUT2D eigenvalue weighted by atomic mass is 9.66. The predicted molar refractivity (Wildman–Crippen MR) is 203 cm³/mol. The van der Waals surface area contributed by atoms with Crippen molar-refractivity contribution in [2.45, 2.75) is 165 Å². The molecule has 2 saturated carbocycles. The number of carbonyl (C=O) groups excluding carboxylic acids is 2. The van der Waals surface area contributed by atoms with Crippen molar-refractivity contribution in [3.8, 4) is 0 Å². The van der Waals surface area contributed by atoms with E-state index in [2.05, 4.69) is 45.0 Å². The molecule has 19 atom stereocenters. The Balaban J connectivity index is 1.12. The number of epoxide rings is 1. The highest BCUT2D eigenvalue weighted by atomic mass is 16.7. The molecular formula is C43H67NO11. The van der Waals surface area contributed by atoms with Crippen molar-refractivity contribution >= 4 is 11.8 Å². The molecule has 310 valence electrons. The molecule has 0 amide bonds. The Morgan fingerprint density at radius 3 is 2.27 bits per heavy atom. The van der Waals surface area contributed by atoms with Gasteiger partial charge in [0.15, 0.2) is 18.4 Å². The third-order valence-electron chi connectivity index (χ3n) is 14.1. The van der Waals surface area contributed by atoms with Crippen LogP contribution >= 0.6 is 0 Å². The van der Waals surface area contributed by atoms with E-state index >= 15 is 0 Å². The maximum absolute atomic E-state index is 14.8. The third-order valence-corrected chi connectivity index (χ3v) is 14.1. The molecule has 12 heteroatoms. The number of ether oxygens (including phenoxy) is 9. The molecule has 7 aliphatic rings. The zero-order valence-electron chi connectivity index (χ0n) is 34.5. The standard InChI is InChI=1S/C43H67NO11/c1-10-11-13-25-14-12-15-33(54-35-17-16-32(44(5)6)23(3)50-35)22(2)37(46)30-20-28-27-18-26(53-43-42(49-9)41(48-8)38(47-7)24(4)51-43)19-31(27)39-40(55-39)36(28)29(30)21-34(45)52-25/h11,13,20,22-29,31-33,35-36,38-43H,10,12,14-19,21H2,1-9H3/b13-11+/t22-,23-,24+,25+,26+,27?,28?,29?,31?,32+,33+,35?,36?,38+,39?,40?,41-,42-,43+/m1/s1. The maximum atomic E-state index is 14.8. The van der Waals surface area contributed by atoms with Crippen LogP contribution in [0.4, 0.5) is 0 Å². The molecule has 0 bridgehead atoms. The number of fused-ring (bicyclic) bond motifs is 8. The molecule has 4 heterocycles. The molecule has 0 aromatic carbocycles. The van der Waals surface area contributed by atoms with E-state index in [1.807, 2.05) is 19.9 Å². The number of Topliss-reactive ketones (excluding diaryl/α,β-unsaturated/α-hetero) is 1. The number of esters is 1. The average molecular weight is 774 g/mol. The van der Waals surface area contributed by atoms with Crippen molar-refractivity contribution in [1.82, 2.24) is 4.90 Å². The number of cyclic esters (lactones) is 1. The molecule has 0 N–H and O–H groups in total. The summed E-state index contributed by atoms with van der Waals surface area (Å²) >= 11 is 0. The molecule has 4 saturated heterocycles. The Morgan fingerprint density at radius 1 is 0.836 bits per heavy atom. The van der Waals surface area contributed by atoms with Crippen LogP contribution in [-0.4, -0.2) is 132 Å². The fourth-order valence-corrected chi connectivity index (χ4v) is 11.4. The van der Waals surface area contributed by atoms with E-state index in [9.17, 15) is 9.59 Å². The highest BCUT2D eigenvalue weighted by Gasteiger charge is 2.66. The van der Waals surface area contributed by atoms with Crippen LogP contribution in [0.2, 0.25) is 0 Å². The van der Waals surface area contributed by atoms with Crippen LogP contribution in [0.1, 0.15) is 85.5 Å². The Bertz CT molecular complexity index is 1400. The Hall–Kier alpha value is -1.74. The topological polar surface area (TPSA) is 124 Å². The average Bonchev–Trinajstić information content (AvgIpc) is 3.69. The van der Waals surface area contributed by atoms with Gasteiger partial charge in [0.1, 0.15) is 24.4 Å². The SMILES string of the molecule is CC/C=C/[C@H]1CCC[C@H](OC2CC[C@H](N(C)C)[C@@H](C)O2)[C@@H](C)C(=O)C2=CC3C4C[C@H](O[C@@H]5O[C@@H](C)[C@H](OC)[C@@H](OC)[C@H]5OC)CC4C4OC4C3C2CC(=O)O1. The molecule has 6 fully saturated rings. The highest BCUT2D eigenvalue weighted by Crippen LogP contribution is 2.63. The van der Waals surface area contributed by atoms with Gasteiger partial charge in [0.25, 0.3) is 0 Å². The van der Waals surface area contributed by atoms with Gasteiger partial charge in [-0.1, -0.05) is 26.0 Å². The Kier molecular flexibility index (Phi) is 13.3. The molecule has 8 unspecified atom stereocenters. The normalized spacial score (nSPS) is 47.6. The number of allylic oxidation sites excluding steroid dienone is 3. The summed E-state index contributed by atoms with van der Waals surface area (Å²) in [7, 11) is 9.15. The summed E-state index contributed by atoms with van der Waals surface area (Å²) in [6.45, 7) is 8.17. The van der Waals surface area contributed by atoms with Crippen LogP contribution in [0.25, 0.3) is 0 Å². The molecule has 0 aromatic rings. The summed E-state index contributed by atoms with van der Waals surface area (Å²) in [4.78, 5) is 30.8. The van der Waals surface area contributed by atoms with Crippen LogP contribution in [0, 0.1) is 35.5 Å². The van der Waals surface area contributed by atoms with Gasteiger partial charge >= 0.3 is 5.97 Å². The third kappa shape index (κ3) is 8.41. The van der Waals surface area contributed by atoms with Gasteiger partial charge in [0.2, 0.25) is 0 Å². The van der Waals surface area contributed by atoms with E-state index in [-0.39, 0.29) is 109 Å². The van der Waals surface area contributed by atoms with Crippen LogP contribution in [0.5, 0.6) is 0 Å². The minimum Gasteiger partial charge on any atom is -0.458 e. The first-order valence-corrected chi connectivity index (χ1v) is 21.1. The molecule has 0 spiro atoms. The zero-order chi connectivity index (χ0) is 39.1. The number of ketones is 1. The molecule has 0 radical (unpaired) electrons. The van der Waals surface area contributed by atoms with E-state index in [1.54, 1.807) is 21.3 Å². The fourth-order valence-electron chi connectivity index (χ4n) is 11.4. The largest absolute Gasteiger partial charge is 0.458 e. The Morgan fingerprint density at radius 2 is 1.58 bits per heavy atom. The lowest BCUT2D eigenvalue weighted by Gasteiger charge is -2.44. The number of methoxy groups -OCH3 is 3. The number of carbonyl (C=O) groups is 2. The minimum atomic E-state index is -0.612. The van der Waals surface area contributed by atoms with Crippen LogP contribution in [-0.2, 0) is 52.2 Å². The second kappa shape index (κ2) is 17.6. The van der Waals surface area contributed by atoms with Crippen molar-refractivity contribution in [3.63, 3.8) is 0 Å². The molecular weight excluding hydrogens is 706 g/mol. The zero-order valence-corrected chi connectivity index (χ0v) is 34.5. The fraction of sp³-hybridized carbons (Fsp3) is 0.860.